The van der Waals surface area contributed by atoms with E-state index in [1.807, 2.05) is 20.8 Å². The molecule has 1 aliphatic heterocycles. The van der Waals surface area contributed by atoms with Gasteiger partial charge in [-0.2, -0.15) is 4.31 Å². The van der Waals surface area contributed by atoms with E-state index in [-0.39, 0.29) is 0 Å². The van der Waals surface area contributed by atoms with Crippen LogP contribution in [0.2, 0.25) is 0 Å². The second kappa shape index (κ2) is 5.14. The molecule has 1 aliphatic rings. The highest BCUT2D eigenvalue weighted by molar-refractivity contribution is 7.91. The maximum Gasteiger partial charge on any atom is 0.253 e. The van der Waals surface area contributed by atoms with Gasteiger partial charge in [0.1, 0.15) is 4.21 Å². The van der Waals surface area contributed by atoms with Gasteiger partial charge >= 0.3 is 0 Å². The van der Waals surface area contributed by atoms with Gasteiger partial charge in [-0.15, -0.1) is 11.3 Å². The maximum absolute atomic E-state index is 12.7. The number of aryl methyl sites for hydroxylation is 1. The van der Waals surface area contributed by atoms with Crippen molar-refractivity contribution in [2.75, 3.05) is 19.8 Å². The van der Waals surface area contributed by atoms with E-state index in [0.29, 0.717) is 30.5 Å². The summed E-state index contributed by atoms with van der Waals surface area (Å²) in [5, 5.41) is 0. The molecule has 7 heteroatoms. The van der Waals surface area contributed by atoms with Crippen LogP contribution in [0.25, 0.3) is 0 Å². The number of ether oxygens (including phenoxy) is 1. The number of thiophene rings is 1. The molecule has 1 saturated heterocycles. The minimum Gasteiger partial charge on any atom is -0.378 e. The van der Waals surface area contributed by atoms with Crippen LogP contribution in [-0.2, 0) is 21.3 Å². The standard InChI is InChI=1S/C12H20N2O3S2/c1-9-6-11(18-10(9)7-13)19(15,16)14-4-5-17-8-12(14,2)3/h6H,4-5,7-8,13H2,1-3H3. The lowest BCUT2D eigenvalue weighted by atomic mass is 10.1. The van der Waals surface area contributed by atoms with Gasteiger partial charge < -0.3 is 10.5 Å². The molecule has 108 valence electrons. The molecule has 5 nitrogen and oxygen atoms in total. The molecule has 0 aromatic carbocycles. The summed E-state index contributed by atoms with van der Waals surface area (Å²) in [4.78, 5) is 0.921. The van der Waals surface area contributed by atoms with E-state index in [1.54, 1.807) is 6.07 Å². The molecule has 0 atom stereocenters. The van der Waals surface area contributed by atoms with Crippen LogP contribution in [0.4, 0.5) is 0 Å². The minimum absolute atomic E-state index is 0.374. The second-order valence-corrected chi connectivity index (χ2v) is 8.54. The maximum atomic E-state index is 12.7. The fraction of sp³-hybridized carbons (Fsp3) is 0.667. The minimum atomic E-state index is -3.47. The third-order valence-corrected chi connectivity index (χ3v) is 7.12. The third-order valence-electron chi connectivity index (χ3n) is 3.30. The summed E-state index contributed by atoms with van der Waals surface area (Å²) in [5.74, 6) is 0. The number of hydrogen-bond acceptors (Lipinski definition) is 5. The Hall–Kier alpha value is -0.470. The van der Waals surface area contributed by atoms with Gasteiger partial charge in [0.05, 0.1) is 18.8 Å². The zero-order valence-corrected chi connectivity index (χ0v) is 13.1. The van der Waals surface area contributed by atoms with Crippen LogP contribution in [0.3, 0.4) is 0 Å². The Morgan fingerprint density at radius 2 is 2.21 bits per heavy atom. The first kappa shape index (κ1) is 14.9. The molecule has 0 aliphatic carbocycles. The fourth-order valence-electron chi connectivity index (χ4n) is 2.22. The first-order valence-corrected chi connectivity index (χ1v) is 8.44. The van der Waals surface area contributed by atoms with E-state index >= 15 is 0 Å². The summed E-state index contributed by atoms with van der Waals surface area (Å²) >= 11 is 1.27. The number of nitrogens with zero attached hydrogens (tertiary/aromatic N) is 1. The van der Waals surface area contributed by atoms with Crippen LogP contribution in [0.5, 0.6) is 0 Å². The molecular weight excluding hydrogens is 284 g/mol. The van der Waals surface area contributed by atoms with Gasteiger partial charge in [0, 0.05) is 18.0 Å². The van der Waals surface area contributed by atoms with E-state index in [2.05, 4.69) is 0 Å². The molecule has 2 rings (SSSR count). The normalized spacial score (nSPS) is 20.6. The van der Waals surface area contributed by atoms with Gasteiger partial charge in [-0.05, 0) is 32.4 Å². The van der Waals surface area contributed by atoms with E-state index in [4.69, 9.17) is 10.5 Å². The average molecular weight is 304 g/mol. The van der Waals surface area contributed by atoms with Crippen LogP contribution in [0.1, 0.15) is 24.3 Å². The molecule has 0 radical (unpaired) electrons. The molecule has 0 bridgehead atoms. The third kappa shape index (κ3) is 2.71. The Balaban J connectivity index is 2.41. The number of nitrogens with two attached hydrogens (primary N) is 1. The summed E-state index contributed by atoms with van der Waals surface area (Å²) in [6.45, 7) is 7.28. The molecule has 19 heavy (non-hydrogen) atoms. The molecule has 0 amide bonds. The van der Waals surface area contributed by atoms with Gasteiger partial charge in [0.25, 0.3) is 10.0 Å². The SMILES string of the molecule is Cc1cc(S(=O)(=O)N2CCOCC2(C)C)sc1CN. The van der Waals surface area contributed by atoms with Gasteiger partial charge in [-0.1, -0.05) is 0 Å². The second-order valence-electron chi connectivity index (χ2n) is 5.32. The van der Waals surface area contributed by atoms with Gasteiger partial charge in [0.2, 0.25) is 0 Å². The van der Waals surface area contributed by atoms with Crippen molar-refractivity contribution in [2.45, 2.75) is 37.1 Å². The van der Waals surface area contributed by atoms with E-state index < -0.39 is 15.6 Å². The van der Waals surface area contributed by atoms with Gasteiger partial charge in [-0.25, -0.2) is 8.42 Å². The lowest BCUT2D eigenvalue weighted by Gasteiger charge is -2.40. The van der Waals surface area contributed by atoms with Crippen LogP contribution in [-0.4, -0.2) is 38.0 Å². The molecule has 1 aromatic heterocycles. The van der Waals surface area contributed by atoms with Crippen molar-refractivity contribution >= 4 is 21.4 Å². The highest BCUT2D eigenvalue weighted by atomic mass is 32.2. The predicted octanol–water partition coefficient (Wildman–Crippen LogP) is 1.31. The summed E-state index contributed by atoms with van der Waals surface area (Å²) in [5.41, 5.74) is 6.05. The summed E-state index contributed by atoms with van der Waals surface area (Å²) < 4.78 is 32.7. The lowest BCUT2D eigenvalue weighted by Crippen LogP contribution is -2.55. The molecule has 2 heterocycles. The van der Waals surface area contributed by atoms with Crippen LogP contribution in [0, 0.1) is 6.92 Å². The average Bonchev–Trinajstić information content (AvgIpc) is 2.70. The predicted molar refractivity (Wildman–Crippen MR) is 75.7 cm³/mol. The largest absolute Gasteiger partial charge is 0.378 e. The smallest absolute Gasteiger partial charge is 0.253 e. The molecule has 0 spiro atoms. The van der Waals surface area contributed by atoms with Crippen LogP contribution in [0.15, 0.2) is 10.3 Å². The highest BCUT2D eigenvalue weighted by Gasteiger charge is 2.40. The molecule has 0 unspecified atom stereocenters. The molecule has 0 saturated carbocycles. The topological polar surface area (TPSA) is 72.6 Å². The zero-order valence-electron chi connectivity index (χ0n) is 11.5. The van der Waals surface area contributed by atoms with Crippen molar-refractivity contribution in [3.63, 3.8) is 0 Å². The molecule has 1 fully saturated rings. The molecular formula is C12H20N2O3S2. The summed E-state index contributed by atoms with van der Waals surface area (Å²) in [6, 6.07) is 1.72. The fourth-order valence-corrected chi connectivity index (χ4v) is 5.55. The Morgan fingerprint density at radius 1 is 1.53 bits per heavy atom. The Kier molecular flexibility index (Phi) is 4.04. The summed E-state index contributed by atoms with van der Waals surface area (Å²) in [7, 11) is -3.47. The van der Waals surface area contributed by atoms with Gasteiger partial charge in [0.15, 0.2) is 0 Å². The first-order chi connectivity index (χ1) is 8.79. The van der Waals surface area contributed by atoms with E-state index in [1.165, 1.54) is 15.6 Å². The molecule has 2 N–H and O–H groups in total. The van der Waals surface area contributed by atoms with E-state index in [0.717, 1.165) is 10.4 Å². The van der Waals surface area contributed by atoms with Gasteiger partial charge in [-0.3, -0.25) is 0 Å². The Labute approximate surface area is 118 Å². The van der Waals surface area contributed by atoms with Crippen molar-refractivity contribution in [3.8, 4) is 0 Å². The van der Waals surface area contributed by atoms with Crippen molar-refractivity contribution < 1.29 is 13.2 Å². The van der Waals surface area contributed by atoms with Crippen molar-refractivity contribution in [2.24, 2.45) is 5.73 Å². The monoisotopic (exact) mass is 304 g/mol. The Morgan fingerprint density at radius 3 is 2.74 bits per heavy atom. The highest BCUT2D eigenvalue weighted by Crippen LogP contribution is 2.32. The van der Waals surface area contributed by atoms with Crippen LogP contribution >= 0.6 is 11.3 Å². The van der Waals surface area contributed by atoms with Crippen LogP contribution < -0.4 is 5.73 Å². The van der Waals surface area contributed by atoms with E-state index in [9.17, 15) is 8.42 Å². The lowest BCUT2D eigenvalue weighted by molar-refractivity contribution is -0.00761. The first-order valence-electron chi connectivity index (χ1n) is 6.19. The van der Waals surface area contributed by atoms with Crippen molar-refractivity contribution in [3.05, 3.63) is 16.5 Å². The number of morpholine rings is 1. The molecule has 1 aromatic rings. The number of hydrogen-bond donors (Lipinski definition) is 1. The van der Waals surface area contributed by atoms with Crippen molar-refractivity contribution in [1.29, 1.82) is 0 Å². The zero-order chi connectivity index (χ0) is 14.3. The Bertz CT molecular complexity index is 564. The number of rotatable bonds is 3. The van der Waals surface area contributed by atoms with Crippen molar-refractivity contribution in [1.82, 2.24) is 4.31 Å². The quantitative estimate of drug-likeness (QED) is 0.914. The summed E-state index contributed by atoms with van der Waals surface area (Å²) in [6.07, 6.45) is 0. The number of sulfonamides is 1.